The van der Waals surface area contributed by atoms with Crippen LogP contribution in [0, 0.1) is 0 Å². The van der Waals surface area contributed by atoms with Crippen LogP contribution in [0.5, 0.6) is 0 Å². The van der Waals surface area contributed by atoms with Crippen molar-refractivity contribution in [2.24, 2.45) is 0 Å². The fourth-order valence-corrected chi connectivity index (χ4v) is 3.31. The molecule has 3 aromatic rings. The number of nitrogens with zero attached hydrogens (tertiary/aromatic N) is 2. The molecule has 1 aromatic heterocycles. The van der Waals surface area contributed by atoms with Gasteiger partial charge in [0.25, 0.3) is 5.91 Å². The number of hydrogen-bond acceptors (Lipinski definition) is 1. The van der Waals surface area contributed by atoms with Crippen molar-refractivity contribution in [1.82, 2.24) is 9.47 Å². The molecule has 27 heavy (non-hydrogen) atoms. The maximum Gasteiger partial charge on any atom is 0.254 e. The topological polar surface area (TPSA) is 25.2 Å². The lowest BCUT2D eigenvalue weighted by molar-refractivity contribution is 0.0737. The fourth-order valence-electron chi connectivity index (χ4n) is 3.12. The summed E-state index contributed by atoms with van der Waals surface area (Å²) in [7, 11) is 0. The van der Waals surface area contributed by atoms with Gasteiger partial charge in [0.15, 0.2) is 0 Å². The molecule has 0 radical (unpaired) electrons. The number of halogens is 1. The molecule has 0 fully saturated rings. The summed E-state index contributed by atoms with van der Waals surface area (Å²) in [6, 6.07) is 21.5. The minimum atomic E-state index is 0.0783. The Labute approximate surface area is 166 Å². The largest absolute Gasteiger partial charge is 0.345 e. The number of rotatable bonds is 8. The number of hydrogen-bond donors (Lipinski definition) is 0. The molecule has 1 heterocycles. The molecule has 2 aromatic carbocycles. The summed E-state index contributed by atoms with van der Waals surface area (Å²) in [6.45, 7) is 4.18. The third-order valence-corrected chi connectivity index (χ3v) is 5.03. The van der Waals surface area contributed by atoms with Gasteiger partial charge >= 0.3 is 0 Å². The summed E-state index contributed by atoms with van der Waals surface area (Å²) >= 11 is 6.32. The molecule has 0 aliphatic heterocycles. The predicted octanol–water partition coefficient (Wildman–Crippen LogP) is 5.63. The minimum Gasteiger partial charge on any atom is -0.345 e. The Bertz CT molecular complexity index is 873. The molecule has 0 aliphatic carbocycles. The molecule has 0 spiro atoms. The van der Waals surface area contributed by atoms with Crippen molar-refractivity contribution in [3.05, 3.63) is 94.8 Å². The van der Waals surface area contributed by atoms with E-state index in [0.717, 1.165) is 41.2 Å². The van der Waals surface area contributed by atoms with E-state index in [1.165, 1.54) is 0 Å². The van der Waals surface area contributed by atoms with E-state index < -0.39 is 0 Å². The zero-order valence-corrected chi connectivity index (χ0v) is 16.4. The average molecular weight is 381 g/mol. The standard InChI is InChI=1S/C23H25ClN2O/c1-2-3-15-26(23(27)19-10-5-4-6-11-19)18-21-13-9-16-25(21)17-20-12-7-8-14-22(20)24/h4-14,16H,2-3,15,17-18H2,1H3. The monoisotopic (exact) mass is 380 g/mol. The lowest BCUT2D eigenvalue weighted by Crippen LogP contribution is -2.32. The Morgan fingerprint density at radius 2 is 1.74 bits per heavy atom. The van der Waals surface area contributed by atoms with Crippen LogP contribution in [0.4, 0.5) is 0 Å². The Balaban J connectivity index is 1.79. The van der Waals surface area contributed by atoms with E-state index in [1.54, 1.807) is 0 Å². The van der Waals surface area contributed by atoms with Gasteiger partial charge < -0.3 is 9.47 Å². The first-order chi connectivity index (χ1) is 13.2. The molecular weight excluding hydrogens is 356 g/mol. The molecule has 4 heteroatoms. The van der Waals surface area contributed by atoms with Crippen LogP contribution in [0.25, 0.3) is 0 Å². The van der Waals surface area contributed by atoms with E-state index >= 15 is 0 Å². The third kappa shape index (κ3) is 5.01. The first-order valence-electron chi connectivity index (χ1n) is 9.40. The smallest absolute Gasteiger partial charge is 0.254 e. The summed E-state index contributed by atoms with van der Waals surface area (Å²) in [4.78, 5) is 14.9. The van der Waals surface area contributed by atoms with E-state index in [1.807, 2.05) is 71.8 Å². The van der Waals surface area contributed by atoms with Gasteiger partial charge in [0, 0.05) is 35.6 Å². The van der Waals surface area contributed by atoms with Gasteiger partial charge in [-0.1, -0.05) is 61.3 Å². The second-order valence-corrected chi connectivity index (χ2v) is 7.07. The number of unbranched alkanes of at least 4 members (excludes halogenated alkanes) is 1. The van der Waals surface area contributed by atoms with E-state index in [-0.39, 0.29) is 5.91 Å². The maximum atomic E-state index is 13.0. The first-order valence-corrected chi connectivity index (χ1v) is 9.78. The van der Waals surface area contributed by atoms with Crippen molar-refractivity contribution in [2.45, 2.75) is 32.9 Å². The van der Waals surface area contributed by atoms with Crippen molar-refractivity contribution in [3.8, 4) is 0 Å². The van der Waals surface area contributed by atoms with Crippen LogP contribution in [0.1, 0.15) is 41.4 Å². The van der Waals surface area contributed by atoms with Crippen LogP contribution >= 0.6 is 11.6 Å². The number of benzene rings is 2. The summed E-state index contributed by atoms with van der Waals surface area (Å²) < 4.78 is 2.17. The Kier molecular flexibility index (Phi) is 6.72. The summed E-state index contributed by atoms with van der Waals surface area (Å²) in [5, 5.41) is 0.764. The van der Waals surface area contributed by atoms with Crippen LogP contribution in [-0.2, 0) is 13.1 Å². The van der Waals surface area contributed by atoms with Crippen molar-refractivity contribution in [3.63, 3.8) is 0 Å². The van der Waals surface area contributed by atoms with E-state index in [0.29, 0.717) is 13.1 Å². The molecule has 3 nitrogen and oxygen atoms in total. The second-order valence-electron chi connectivity index (χ2n) is 6.67. The minimum absolute atomic E-state index is 0.0783. The van der Waals surface area contributed by atoms with Gasteiger partial charge in [-0.15, -0.1) is 0 Å². The highest BCUT2D eigenvalue weighted by molar-refractivity contribution is 6.31. The quantitative estimate of drug-likeness (QED) is 0.497. The normalized spacial score (nSPS) is 10.7. The van der Waals surface area contributed by atoms with E-state index in [4.69, 9.17) is 11.6 Å². The molecule has 140 valence electrons. The number of carbonyl (C=O) groups excluding carboxylic acids is 1. The van der Waals surface area contributed by atoms with Crippen molar-refractivity contribution >= 4 is 17.5 Å². The molecular formula is C23H25ClN2O. The fraction of sp³-hybridized carbons (Fsp3) is 0.261. The van der Waals surface area contributed by atoms with Gasteiger partial charge in [-0.25, -0.2) is 0 Å². The predicted molar refractivity (Wildman–Crippen MR) is 111 cm³/mol. The van der Waals surface area contributed by atoms with Crippen LogP contribution in [-0.4, -0.2) is 21.9 Å². The SMILES string of the molecule is CCCCN(Cc1cccn1Cc1ccccc1Cl)C(=O)c1ccccc1. The zero-order chi connectivity index (χ0) is 19.1. The maximum absolute atomic E-state index is 13.0. The number of carbonyl (C=O) groups is 1. The molecule has 3 rings (SSSR count). The third-order valence-electron chi connectivity index (χ3n) is 4.66. The number of amides is 1. The number of aromatic nitrogens is 1. The molecule has 0 unspecified atom stereocenters. The Hall–Kier alpha value is -2.52. The van der Waals surface area contributed by atoms with Gasteiger partial charge in [-0.3, -0.25) is 4.79 Å². The zero-order valence-electron chi connectivity index (χ0n) is 15.6. The van der Waals surface area contributed by atoms with Crippen LogP contribution in [0.3, 0.4) is 0 Å². The molecule has 0 saturated heterocycles. The van der Waals surface area contributed by atoms with E-state index in [9.17, 15) is 4.79 Å². The Morgan fingerprint density at radius 3 is 2.48 bits per heavy atom. The molecule has 0 N–H and O–H groups in total. The molecule has 0 aliphatic rings. The van der Waals surface area contributed by atoms with Gasteiger partial charge in [-0.2, -0.15) is 0 Å². The molecule has 1 amide bonds. The summed E-state index contributed by atoms with van der Waals surface area (Å²) in [6.07, 6.45) is 4.09. The highest BCUT2D eigenvalue weighted by Crippen LogP contribution is 2.19. The molecule has 0 atom stereocenters. The van der Waals surface area contributed by atoms with Crippen LogP contribution in [0.15, 0.2) is 72.9 Å². The van der Waals surface area contributed by atoms with Gasteiger partial charge in [-0.05, 0) is 42.3 Å². The lowest BCUT2D eigenvalue weighted by Gasteiger charge is -2.24. The molecule has 0 bridgehead atoms. The van der Waals surface area contributed by atoms with Crippen molar-refractivity contribution in [1.29, 1.82) is 0 Å². The average Bonchev–Trinajstić information content (AvgIpc) is 3.13. The van der Waals surface area contributed by atoms with Crippen LogP contribution < -0.4 is 0 Å². The Morgan fingerprint density at radius 1 is 1.00 bits per heavy atom. The van der Waals surface area contributed by atoms with Gasteiger partial charge in [0.05, 0.1) is 6.54 Å². The highest BCUT2D eigenvalue weighted by Gasteiger charge is 2.17. The lowest BCUT2D eigenvalue weighted by atomic mass is 10.1. The highest BCUT2D eigenvalue weighted by atomic mass is 35.5. The van der Waals surface area contributed by atoms with Gasteiger partial charge in [0.2, 0.25) is 0 Å². The van der Waals surface area contributed by atoms with Crippen molar-refractivity contribution < 1.29 is 4.79 Å². The van der Waals surface area contributed by atoms with E-state index in [2.05, 4.69) is 17.6 Å². The second kappa shape index (κ2) is 9.43. The molecule has 0 saturated carbocycles. The summed E-state index contributed by atoms with van der Waals surface area (Å²) in [5.41, 5.74) is 2.92. The van der Waals surface area contributed by atoms with Gasteiger partial charge in [0.1, 0.15) is 0 Å². The van der Waals surface area contributed by atoms with Crippen molar-refractivity contribution in [2.75, 3.05) is 6.54 Å². The first kappa shape index (κ1) is 19.2. The van der Waals surface area contributed by atoms with Crippen LogP contribution in [0.2, 0.25) is 5.02 Å². The summed E-state index contributed by atoms with van der Waals surface area (Å²) in [5.74, 6) is 0.0783.